The summed E-state index contributed by atoms with van der Waals surface area (Å²) in [5.41, 5.74) is 1.37. The third-order valence-electron chi connectivity index (χ3n) is 5.24. The van der Waals surface area contributed by atoms with Crippen LogP contribution < -0.4 is 0 Å². The van der Waals surface area contributed by atoms with Gasteiger partial charge in [-0.2, -0.15) is 0 Å². The SMILES string of the molecule is ClC(CC1CC2CCC1C2)c1csc2ccccc12. The average Bonchev–Trinajstić information content (AvgIpc) is 3.13. The first-order valence-corrected chi connectivity index (χ1v) is 8.73. The maximum atomic E-state index is 6.75. The summed E-state index contributed by atoms with van der Waals surface area (Å²) in [5, 5.41) is 3.85. The molecule has 0 spiro atoms. The molecule has 100 valence electrons. The average molecular weight is 291 g/mol. The summed E-state index contributed by atoms with van der Waals surface area (Å²) in [6.07, 6.45) is 7.05. The van der Waals surface area contributed by atoms with E-state index in [0.29, 0.717) is 0 Å². The van der Waals surface area contributed by atoms with E-state index in [4.69, 9.17) is 11.6 Å². The molecule has 2 aliphatic carbocycles. The van der Waals surface area contributed by atoms with Gasteiger partial charge in [0.05, 0.1) is 5.38 Å². The molecule has 2 aliphatic rings. The van der Waals surface area contributed by atoms with Crippen LogP contribution in [0.5, 0.6) is 0 Å². The third-order valence-corrected chi connectivity index (χ3v) is 6.64. The van der Waals surface area contributed by atoms with E-state index in [1.807, 2.05) is 11.3 Å². The van der Waals surface area contributed by atoms with E-state index >= 15 is 0 Å². The standard InChI is InChI=1S/C17H19ClS/c18-16(9-13-8-11-5-6-12(13)7-11)15-10-19-17-4-2-1-3-14(15)17/h1-4,10-13,16H,5-9H2. The highest BCUT2D eigenvalue weighted by atomic mass is 35.5. The van der Waals surface area contributed by atoms with Crippen LogP contribution in [0.1, 0.15) is 43.0 Å². The van der Waals surface area contributed by atoms with Crippen LogP contribution >= 0.6 is 22.9 Å². The van der Waals surface area contributed by atoms with E-state index < -0.39 is 0 Å². The molecule has 0 nitrogen and oxygen atoms in total. The highest BCUT2D eigenvalue weighted by Gasteiger charge is 2.40. The minimum atomic E-state index is 0.209. The molecule has 19 heavy (non-hydrogen) atoms. The number of rotatable bonds is 3. The Hall–Kier alpha value is -0.530. The van der Waals surface area contributed by atoms with Crippen LogP contribution in [0, 0.1) is 17.8 Å². The van der Waals surface area contributed by atoms with E-state index in [9.17, 15) is 0 Å². The predicted octanol–water partition coefficient (Wildman–Crippen LogP) is 6.01. The van der Waals surface area contributed by atoms with Crippen molar-refractivity contribution >= 4 is 33.0 Å². The fourth-order valence-corrected chi connectivity index (χ4v) is 5.80. The van der Waals surface area contributed by atoms with E-state index in [1.165, 1.54) is 47.8 Å². The third kappa shape index (κ3) is 2.11. The predicted molar refractivity (Wildman–Crippen MR) is 84.0 cm³/mol. The minimum Gasteiger partial charge on any atom is -0.143 e. The topological polar surface area (TPSA) is 0 Å². The zero-order valence-electron chi connectivity index (χ0n) is 11.0. The van der Waals surface area contributed by atoms with Gasteiger partial charge in [0.15, 0.2) is 0 Å². The van der Waals surface area contributed by atoms with Crippen molar-refractivity contribution in [2.24, 2.45) is 17.8 Å². The van der Waals surface area contributed by atoms with Crippen molar-refractivity contribution in [1.29, 1.82) is 0 Å². The lowest BCUT2D eigenvalue weighted by Crippen LogP contribution is -2.12. The van der Waals surface area contributed by atoms with Gasteiger partial charge in [-0.25, -0.2) is 0 Å². The first kappa shape index (κ1) is 12.2. The fourth-order valence-electron chi connectivity index (χ4n) is 4.30. The number of hydrogen-bond acceptors (Lipinski definition) is 1. The Morgan fingerprint density at radius 2 is 2.11 bits per heavy atom. The van der Waals surface area contributed by atoms with Crippen molar-refractivity contribution in [3.8, 4) is 0 Å². The summed E-state index contributed by atoms with van der Waals surface area (Å²) < 4.78 is 1.37. The number of hydrogen-bond donors (Lipinski definition) is 0. The summed E-state index contributed by atoms with van der Waals surface area (Å²) in [4.78, 5) is 0. The first-order chi connectivity index (χ1) is 9.31. The minimum absolute atomic E-state index is 0.209. The van der Waals surface area contributed by atoms with Crippen molar-refractivity contribution in [3.05, 3.63) is 35.2 Å². The van der Waals surface area contributed by atoms with Crippen LogP contribution in [-0.2, 0) is 0 Å². The quantitative estimate of drug-likeness (QED) is 0.607. The van der Waals surface area contributed by atoms with Gasteiger partial charge < -0.3 is 0 Å². The van der Waals surface area contributed by atoms with E-state index in [2.05, 4.69) is 29.6 Å². The molecule has 4 rings (SSSR count). The maximum Gasteiger partial charge on any atom is 0.0602 e. The van der Waals surface area contributed by atoms with Crippen LogP contribution in [0.4, 0.5) is 0 Å². The maximum absolute atomic E-state index is 6.75. The number of benzene rings is 1. The van der Waals surface area contributed by atoms with Crippen LogP contribution in [-0.4, -0.2) is 0 Å². The molecule has 0 radical (unpaired) electrons. The van der Waals surface area contributed by atoms with Gasteiger partial charge in [-0.15, -0.1) is 22.9 Å². The van der Waals surface area contributed by atoms with E-state index in [1.54, 1.807) is 0 Å². The Labute approximate surface area is 123 Å². The van der Waals surface area contributed by atoms with E-state index in [0.717, 1.165) is 17.8 Å². The van der Waals surface area contributed by atoms with Crippen LogP contribution in [0.25, 0.3) is 10.1 Å². The van der Waals surface area contributed by atoms with Crippen molar-refractivity contribution in [2.45, 2.75) is 37.5 Å². The molecular formula is C17H19ClS. The lowest BCUT2D eigenvalue weighted by Gasteiger charge is -2.23. The summed E-state index contributed by atoms with van der Waals surface area (Å²) in [7, 11) is 0. The fraction of sp³-hybridized carbons (Fsp3) is 0.529. The van der Waals surface area contributed by atoms with Crippen LogP contribution in [0.3, 0.4) is 0 Å². The summed E-state index contributed by atoms with van der Waals surface area (Å²) in [6.45, 7) is 0. The molecule has 4 unspecified atom stereocenters. The highest BCUT2D eigenvalue weighted by molar-refractivity contribution is 7.17. The molecule has 0 saturated heterocycles. The van der Waals surface area contributed by atoms with Gasteiger partial charge in [-0.3, -0.25) is 0 Å². The normalized spacial score (nSPS) is 31.1. The van der Waals surface area contributed by atoms with Crippen LogP contribution in [0.15, 0.2) is 29.6 Å². The molecule has 4 atom stereocenters. The Morgan fingerprint density at radius 1 is 1.21 bits per heavy atom. The molecule has 2 aromatic rings. The lowest BCUT2D eigenvalue weighted by atomic mass is 9.84. The zero-order chi connectivity index (χ0) is 12.8. The molecule has 0 N–H and O–H groups in total. The molecule has 1 heterocycles. The molecule has 2 bridgehead atoms. The Bertz CT molecular complexity index is 588. The second kappa shape index (κ2) is 4.79. The first-order valence-electron chi connectivity index (χ1n) is 7.41. The second-order valence-electron chi connectivity index (χ2n) is 6.33. The van der Waals surface area contributed by atoms with Crippen molar-refractivity contribution in [3.63, 3.8) is 0 Å². The van der Waals surface area contributed by atoms with Crippen molar-refractivity contribution in [1.82, 2.24) is 0 Å². The van der Waals surface area contributed by atoms with Gasteiger partial charge in [0.25, 0.3) is 0 Å². The number of thiophene rings is 1. The van der Waals surface area contributed by atoms with Gasteiger partial charge in [-0.1, -0.05) is 24.6 Å². The Morgan fingerprint density at radius 3 is 2.89 bits per heavy atom. The van der Waals surface area contributed by atoms with Crippen molar-refractivity contribution in [2.75, 3.05) is 0 Å². The molecule has 2 heteroatoms. The van der Waals surface area contributed by atoms with Crippen molar-refractivity contribution < 1.29 is 0 Å². The summed E-state index contributed by atoms with van der Waals surface area (Å²) in [6, 6.07) is 8.66. The van der Waals surface area contributed by atoms with Gasteiger partial charge in [0.2, 0.25) is 0 Å². The summed E-state index contributed by atoms with van der Waals surface area (Å²) >= 11 is 8.58. The molecule has 1 aromatic heterocycles. The van der Waals surface area contributed by atoms with Crippen LogP contribution in [0.2, 0.25) is 0 Å². The Balaban J connectivity index is 1.55. The van der Waals surface area contributed by atoms with Gasteiger partial charge in [0.1, 0.15) is 0 Å². The Kier molecular flexibility index (Phi) is 3.08. The molecule has 0 amide bonds. The molecule has 2 fully saturated rings. The highest BCUT2D eigenvalue weighted by Crippen LogP contribution is 2.52. The largest absolute Gasteiger partial charge is 0.143 e. The lowest BCUT2D eigenvalue weighted by molar-refractivity contribution is 0.312. The summed E-state index contributed by atoms with van der Waals surface area (Å²) in [5.74, 6) is 2.90. The number of fused-ring (bicyclic) bond motifs is 3. The second-order valence-corrected chi connectivity index (χ2v) is 7.76. The monoisotopic (exact) mass is 290 g/mol. The van der Waals surface area contributed by atoms with Gasteiger partial charge in [0, 0.05) is 4.70 Å². The van der Waals surface area contributed by atoms with Gasteiger partial charge >= 0.3 is 0 Å². The number of alkyl halides is 1. The van der Waals surface area contributed by atoms with Gasteiger partial charge in [-0.05, 0) is 65.8 Å². The number of halogens is 1. The van der Waals surface area contributed by atoms with E-state index in [-0.39, 0.29) is 5.38 Å². The zero-order valence-corrected chi connectivity index (χ0v) is 12.6. The smallest absolute Gasteiger partial charge is 0.0602 e. The molecule has 0 aliphatic heterocycles. The molecule has 2 saturated carbocycles. The molecule has 1 aromatic carbocycles. The molecular weight excluding hydrogens is 272 g/mol.